The van der Waals surface area contributed by atoms with Crippen LogP contribution in [0, 0.1) is 0 Å². The van der Waals surface area contributed by atoms with E-state index in [0.29, 0.717) is 13.0 Å². The van der Waals surface area contributed by atoms with E-state index < -0.39 is 11.9 Å². The number of hydrogen-bond acceptors (Lipinski definition) is 3. The lowest BCUT2D eigenvalue weighted by Crippen LogP contribution is -3.00. The Kier molecular flexibility index (Phi) is 7.94. The molecular weight excluding hydrogens is 300 g/mol. The Balaban J connectivity index is 0.00000289. The predicted molar refractivity (Wildman–Crippen MR) is 60.7 cm³/mol. The van der Waals surface area contributed by atoms with E-state index in [0.717, 1.165) is 0 Å². The van der Waals surface area contributed by atoms with E-state index in [1.165, 1.54) is 0 Å². The molecule has 0 aliphatic rings. The van der Waals surface area contributed by atoms with Gasteiger partial charge in [0, 0.05) is 25.0 Å². The highest BCUT2D eigenvalue weighted by molar-refractivity contribution is 5.76. The number of carbonyl (C=O) groups excluding carboxylic acids is 2. The molecule has 1 atom stereocenters. The summed E-state index contributed by atoms with van der Waals surface area (Å²) in [6, 6.07) is 4.99. The van der Waals surface area contributed by atoms with Gasteiger partial charge in [-0.1, -0.05) is 6.07 Å². The monoisotopic (exact) mass is 316 g/mol. The number of rotatable bonds is 6. The summed E-state index contributed by atoms with van der Waals surface area (Å²) in [7, 11) is 0. The summed E-state index contributed by atoms with van der Waals surface area (Å²) in [5, 5.41) is 0. The maximum Gasteiger partial charge on any atom is 0.375 e. The Labute approximate surface area is 117 Å². The summed E-state index contributed by atoms with van der Waals surface area (Å²) in [4.78, 5) is 22.5. The van der Waals surface area contributed by atoms with Gasteiger partial charge >= 0.3 is 5.97 Å². The van der Waals surface area contributed by atoms with Crippen molar-refractivity contribution in [1.82, 2.24) is 0 Å². The highest BCUT2D eigenvalue weighted by atomic mass is 79.9. The summed E-state index contributed by atoms with van der Waals surface area (Å²) >= 11 is 0. The molecule has 1 aromatic rings. The number of halogens is 1. The molecule has 18 heavy (non-hydrogen) atoms. The molecule has 1 rings (SSSR count). The van der Waals surface area contributed by atoms with Crippen molar-refractivity contribution < 1.29 is 35.9 Å². The van der Waals surface area contributed by atoms with E-state index in [-0.39, 0.29) is 29.4 Å². The van der Waals surface area contributed by atoms with Crippen LogP contribution >= 0.6 is 0 Å². The van der Waals surface area contributed by atoms with Gasteiger partial charge in [-0.25, -0.2) is 4.79 Å². The fraction of sp³-hybridized carbons (Fsp3) is 0.417. The number of amides is 1. The van der Waals surface area contributed by atoms with Crippen molar-refractivity contribution in [2.75, 3.05) is 6.61 Å². The summed E-state index contributed by atoms with van der Waals surface area (Å²) in [6.45, 7) is 2.07. The number of aromatic nitrogens is 1. The predicted octanol–water partition coefficient (Wildman–Crippen LogP) is -2.65. The maximum atomic E-state index is 11.8. The van der Waals surface area contributed by atoms with Crippen LogP contribution in [0.4, 0.5) is 0 Å². The van der Waals surface area contributed by atoms with Crippen molar-refractivity contribution in [3.05, 3.63) is 30.6 Å². The second kappa shape index (κ2) is 8.63. The molecule has 6 heteroatoms. The summed E-state index contributed by atoms with van der Waals surface area (Å²) < 4.78 is 6.70. The SMILES string of the molecule is CCOC(=O)C(CCC(N)=O)[n+]1ccccc1.[Br-]. The molecule has 1 unspecified atom stereocenters. The van der Waals surface area contributed by atoms with Gasteiger partial charge in [-0.15, -0.1) is 0 Å². The third-order valence-corrected chi connectivity index (χ3v) is 2.32. The molecule has 0 radical (unpaired) electrons. The number of carbonyl (C=O) groups is 2. The second-order valence-electron chi connectivity index (χ2n) is 3.60. The smallest absolute Gasteiger partial charge is 0.375 e. The zero-order chi connectivity index (χ0) is 12.7. The first-order valence-corrected chi connectivity index (χ1v) is 5.56. The average molecular weight is 317 g/mol. The van der Waals surface area contributed by atoms with Crippen LogP contribution in [0.3, 0.4) is 0 Å². The van der Waals surface area contributed by atoms with Crippen molar-refractivity contribution in [3.8, 4) is 0 Å². The molecule has 0 saturated heterocycles. The van der Waals surface area contributed by atoms with E-state index in [9.17, 15) is 9.59 Å². The largest absolute Gasteiger partial charge is 1.00 e. The molecule has 0 aliphatic heterocycles. The lowest BCUT2D eigenvalue weighted by Gasteiger charge is -2.10. The van der Waals surface area contributed by atoms with E-state index in [2.05, 4.69) is 0 Å². The number of nitrogens with two attached hydrogens (primary N) is 1. The van der Waals surface area contributed by atoms with Crippen molar-refractivity contribution >= 4 is 11.9 Å². The van der Waals surface area contributed by atoms with Crippen molar-refractivity contribution in [2.24, 2.45) is 5.73 Å². The van der Waals surface area contributed by atoms with Gasteiger partial charge in [-0.05, 0) is 6.92 Å². The number of nitrogens with zero attached hydrogens (tertiary/aromatic N) is 1. The van der Waals surface area contributed by atoms with Crippen LogP contribution in [0.5, 0.6) is 0 Å². The van der Waals surface area contributed by atoms with Gasteiger partial charge < -0.3 is 27.5 Å². The first-order chi connectivity index (χ1) is 8.15. The quantitative estimate of drug-likeness (QED) is 0.460. The molecular formula is C12H17BrN2O3. The molecule has 0 fully saturated rings. The Bertz CT molecular complexity index is 384. The lowest BCUT2D eigenvalue weighted by molar-refractivity contribution is -0.711. The third kappa shape index (κ3) is 5.27. The number of primary amides is 1. The molecule has 1 amide bonds. The summed E-state index contributed by atoms with van der Waals surface area (Å²) in [5.74, 6) is -0.763. The van der Waals surface area contributed by atoms with Crippen molar-refractivity contribution in [3.63, 3.8) is 0 Å². The summed E-state index contributed by atoms with van der Waals surface area (Å²) in [6.07, 6.45) is 4.04. The van der Waals surface area contributed by atoms with E-state index in [1.54, 1.807) is 23.9 Å². The Hall–Kier alpha value is -1.43. The van der Waals surface area contributed by atoms with Gasteiger partial charge in [0.2, 0.25) is 5.91 Å². The maximum absolute atomic E-state index is 11.8. The van der Waals surface area contributed by atoms with Crippen LogP contribution in [0.1, 0.15) is 25.8 Å². The Morgan fingerprint density at radius 3 is 2.39 bits per heavy atom. The van der Waals surface area contributed by atoms with Gasteiger partial charge in [-0.3, -0.25) is 4.79 Å². The van der Waals surface area contributed by atoms with Crippen molar-refractivity contribution in [2.45, 2.75) is 25.8 Å². The topological polar surface area (TPSA) is 73.3 Å². The van der Waals surface area contributed by atoms with Gasteiger partial charge in [0.25, 0.3) is 6.04 Å². The van der Waals surface area contributed by atoms with Crippen LogP contribution in [0.2, 0.25) is 0 Å². The molecule has 100 valence electrons. The molecule has 0 aromatic carbocycles. The van der Waals surface area contributed by atoms with E-state index in [1.807, 2.05) is 18.2 Å². The minimum Gasteiger partial charge on any atom is -1.00 e. The minimum atomic E-state index is -0.497. The average Bonchev–Trinajstić information content (AvgIpc) is 2.30. The molecule has 5 nitrogen and oxygen atoms in total. The van der Waals surface area contributed by atoms with Gasteiger partial charge in [0.05, 0.1) is 6.61 Å². The molecule has 0 spiro atoms. The number of pyridine rings is 1. The lowest BCUT2D eigenvalue weighted by atomic mass is 10.1. The molecule has 1 aromatic heterocycles. The Morgan fingerprint density at radius 2 is 1.89 bits per heavy atom. The van der Waals surface area contributed by atoms with E-state index >= 15 is 0 Å². The number of hydrogen-bond donors (Lipinski definition) is 1. The molecule has 0 aliphatic carbocycles. The zero-order valence-corrected chi connectivity index (χ0v) is 11.8. The van der Waals surface area contributed by atoms with Gasteiger partial charge in [0.1, 0.15) is 0 Å². The first kappa shape index (κ1) is 16.6. The van der Waals surface area contributed by atoms with E-state index in [4.69, 9.17) is 10.5 Å². The number of ether oxygens (including phenoxy) is 1. The summed E-state index contributed by atoms with van der Waals surface area (Å²) in [5.41, 5.74) is 5.09. The molecule has 0 bridgehead atoms. The van der Waals surface area contributed by atoms with Crippen LogP contribution in [0.25, 0.3) is 0 Å². The van der Waals surface area contributed by atoms with Crippen LogP contribution in [-0.2, 0) is 14.3 Å². The molecule has 0 saturated carbocycles. The fourth-order valence-electron chi connectivity index (χ4n) is 1.53. The normalized spacial score (nSPS) is 11.2. The van der Waals surface area contributed by atoms with Gasteiger partial charge in [-0.2, -0.15) is 4.57 Å². The van der Waals surface area contributed by atoms with Crippen LogP contribution in [0.15, 0.2) is 30.6 Å². The highest BCUT2D eigenvalue weighted by Gasteiger charge is 2.28. The highest BCUT2D eigenvalue weighted by Crippen LogP contribution is 2.08. The van der Waals surface area contributed by atoms with Crippen LogP contribution < -0.4 is 27.3 Å². The number of esters is 1. The van der Waals surface area contributed by atoms with Crippen LogP contribution in [-0.4, -0.2) is 18.5 Å². The third-order valence-electron chi connectivity index (χ3n) is 2.32. The first-order valence-electron chi connectivity index (χ1n) is 5.56. The minimum absolute atomic E-state index is 0. The Morgan fingerprint density at radius 1 is 1.28 bits per heavy atom. The van der Waals surface area contributed by atoms with Crippen molar-refractivity contribution in [1.29, 1.82) is 0 Å². The molecule has 1 heterocycles. The molecule has 2 N–H and O–H groups in total. The second-order valence-corrected chi connectivity index (χ2v) is 3.60. The van der Waals surface area contributed by atoms with Gasteiger partial charge in [0.15, 0.2) is 12.4 Å². The fourth-order valence-corrected chi connectivity index (χ4v) is 1.53. The standard InChI is InChI=1S/C12H16N2O3.BrH/c1-2-17-12(16)10(6-7-11(13)15)14-8-4-3-5-9-14;/h3-5,8-10H,2,6-7H2,1H3,(H-,13,15);1H. The zero-order valence-electron chi connectivity index (χ0n) is 10.2.